The average molecular weight is 525 g/mol. The molecule has 0 amide bonds. The van der Waals surface area contributed by atoms with Crippen molar-refractivity contribution in [1.29, 1.82) is 0 Å². The van der Waals surface area contributed by atoms with Gasteiger partial charge < -0.3 is 4.42 Å². The summed E-state index contributed by atoms with van der Waals surface area (Å²) in [5.41, 5.74) is 16.3. The molecule has 2 aliphatic rings. The van der Waals surface area contributed by atoms with Crippen LogP contribution in [0.15, 0.2) is 132 Å². The van der Waals surface area contributed by atoms with Crippen molar-refractivity contribution >= 4 is 21.9 Å². The lowest BCUT2D eigenvalue weighted by molar-refractivity contribution is 0.669. The van der Waals surface area contributed by atoms with E-state index in [9.17, 15) is 0 Å². The second kappa shape index (κ2) is 8.08. The van der Waals surface area contributed by atoms with Crippen LogP contribution in [-0.4, -0.2) is 0 Å². The second-order valence-electron chi connectivity index (χ2n) is 11.9. The Hall–Kier alpha value is -4.88. The summed E-state index contributed by atoms with van der Waals surface area (Å²) in [6.07, 6.45) is 0. The van der Waals surface area contributed by atoms with Crippen LogP contribution in [-0.2, 0) is 5.41 Å². The maximum absolute atomic E-state index is 6.14. The summed E-state index contributed by atoms with van der Waals surface area (Å²) in [6, 6.07) is 47.3. The smallest absolute Gasteiger partial charge is 0.135 e. The van der Waals surface area contributed by atoms with Gasteiger partial charge in [-0.2, -0.15) is 0 Å². The summed E-state index contributed by atoms with van der Waals surface area (Å²) in [4.78, 5) is 0. The Morgan fingerprint density at radius 2 is 1.02 bits per heavy atom. The SMILES string of the molecule is CC(C)c1ccc2c(c1)C1(c3ccccc3-c3ccccc31)c1cc(-c3ccc4oc5ccccc5c4c3)ccc1-2. The van der Waals surface area contributed by atoms with Crippen LogP contribution in [0.4, 0.5) is 0 Å². The molecule has 0 saturated carbocycles. The minimum absolute atomic E-state index is 0.342. The molecule has 0 N–H and O–H groups in total. The lowest BCUT2D eigenvalue weighted by atomic mass is 9.70. The molecule has 0 atom stereocenters. The van der Waals surface area contributed by atoms with Gasteiger partial charge in [-0.25, -0.2) is 0 Å². The van der Waals surface area contributed by atoms with Crippen molar-refractivity contribution in [3.63, 3.8) is 0 Å². The van der Waals surface area contributed by atoms with E-state index in [1.165, 1.54) is 61.2 Å². The highest BCUT2D eigenvalue weighted by molar-refractivity contribution is 6.06. The van der Waals surface area contributed by atoms with Gasteiger partial charge in [0.15, 0.2) is 0 Å². The summed E-state index contributed by atoms with van der Waals surface area (Å²) in [5.74, 6) is 0.458. The molecule has 1 nitrogen and oxygen atoms in total. The summed E-state index contributed by atoms with van der Waals surface area (Å²) in [5, 5.41) is 2.32. The summed E-state index contributed by atoms with van der Waals surface area (Å²) >= 11 is 0. The molecule has 0 unspecified atom stereocenters. The van der Waals surface area contributed by atoms with E-state index >= 15 is 0 Å². The molecule has 0 radical (unpaired) electrons. The zero-order valence-electron chi connectivity index (χ0n) is 23.1. The quantitative estimate of drug-likeness (QED) is 0.219. The lowest BCUT2D eigenvalue weighted by Crippen LogP contribution is -2.26. The Labute approximate surface area is 239 Å². The number of benzene rings is 6. The van der Waals surface area contributed by atoms with Crippen LogP contribution in [0, 0.1) is 0 Å². The van der Waals surface area contributed by atoms with Crippen LogP contribution in [0.25, 0.3) is 55.3 Å². The van der Waals surface area contributed by atoms with Gasteiger partial charge in [0.1, 0.15) is 11.2 Å². The second-order valence-corrected chi connectivity index (χ2v) is 11.9. The topological polar surface area (TPSA) is 13.1 Å². The van der Waals surface area contributed by atoms with Gasteiger partial charge in [0.05, 0.1) is 5.41 Å². The molecule has 0 saturated heterocycles. The van der Waals surface area contributed by atoms with Crippen LogP contribution in [0.2, 0.25) is 0 Å². The highest BCUT2D eigenvalue weighted by Gasteiger charge is 2.51. The van der Waals surface area contributed by atoms with E-state index in [1.54, 1.807) is 0 Å². The van der Waals surface area contributed by atoms with E-state index in [0.717, 1.165) is 21.9 Å². The molecule has 41 heavy (non-hydrogen) atoms. The molecule has 7 aromatic rings. The first-order chi connectivity index (χ1) is 20.1. The van der Waals surface area contributed by atoms with E-state index in [4.69, 9.17) is 4.42 Å². The van der Waals surface area contributed by atoms with Gasteiger partial charge >= 0.3 is 0 Å². The van der Waals surface area contributed by atoms with Crippen LogP contribution in [0.3, 0.4) is 0 Å². The highest BCUT2D eigenvalue weighted by Crippen LogP contribution is 2.63. The van der Waals surface area contributed by atoms with Gasteiger partial charge in [0.2, 0.25) is 0 Å². The Kier molecular flexibility index (Phi) is 4.51. The van der Waals surface area contributed by atoms with Crippen LogP contribution in [0.5, 0.6) is 0 Å². The third-order valence-corrected chi connectivity index (χ3v) is 9.49. The molecule has 1 heterocycles. The molecule has 6 aromatic carbocycles. The lowest BCUT2D eigenvalue weighted by Gasteiger charge is -2.31. The standard InChI is InChI=1S/C40H28O/c1-24(2)25-15-18-30-31-19-16-27(26-17-20-39-33(21-26)32-11-5-8-14-38(32)41-39)23-37(31)40(36(30)22-25)34-12-6-3-9-28(34)29-10-4-7-13-35(29)40/h3-24H,1-2H3. The van der Waals surface area contributed by atoms with Crippen LogP contribution < -0.4 is 0 Å². The predicted octanol–water partition coefficient (Wildman–Crippen LogP) is 10.7. The zero-order valence-corrected chi connectivity index (χ0v) is 23.1. The fraction of sp³-hybridized carbons (Fsp3) is 0.100. The van der Waals surface area contributed by atoms with Crippen molar-refractivity contribution in [2.45, 2.75) is 25.2 Å². The first-order valence-electron chi connectivity index (χ1n) is 14.5. The Morgan fingerprint density at radius 1 is 0.463 bits per heavy atom. The third-order valence-electron chi connectivity index (χ3n) is 9.49. The Morgan fingerprint density at radius 3 is 1.78 bits per heavy atom. The number of rotatable bonds is 2. The fourth-order valence-electron chi connectivity index (χ4n) is 7.60. The molecule has 1 aromatic heterocycles. The minimum Gasteiger partial charge on any atom is -0.456 e. The molecular weight excluding hydrogens is 496 g/mol. The Balaban J connectivity index is 1.36. The van der Waals surface area contributed by atoms with Crippen molar-refractivity contribution in [2.24, 2.45) is 0 Å². The maximum Gasteiger partial charge on any atom is 0.135 e. The normalized spacial score (nSPS) is 14.0. The number of hydrogen-bond donors (Lipinski definition) is 0. The van der Waals surface area contributed by atoms with Crippen molar-refractivity contribution in [2.75, 3.05) is 0 Å². The molecule has 1 heteroatoms. The van der Waals surface area contributed by atoms with Gasteiger partial charge in [0.25, 0.3) is 0 Å². The van der Waals surface area contributed by atoms with E-state index in [0.29, 0.717) is 5.92 Å². The number of para-hydroxylation sites is 1. The molecule has 0 fully saturated rings. The molecule has 2 aliphatic carbocycles. The van der Waals surface area contributed by atoms with Crippen molar-refractivity contribution in [3.8, 4) is 33.4 Å². The van der Waals surface area contributed by atoms with E-state index < -0.39 is 0 Å². The Bertz CT molecular complexity index is 2150. The van der Waals surface area contributed by atoms with E-state index in [1.807, 2.05) is 12.1 Å². The van der Waals surface area contributed by atoms with Gasteiger partial charge in [-0.05, 0) is 91.4 Å². The molecule has 9 rings (SSSR count). The molecule has 0 aliphatic heterocycles. The largest absolute Gasteiger partial charge is 0.456 e. The van der Waals surface area contributed by atoms with Crippen LogP contribution in [0.1, 0.15) is 47.6 Å². The zero-order chi connectivity index (χ0) is 27.3. The molecular formula is C40H28O. The van der Waals surface area contributed by atoms with Crippen LogP contribution >= 0.6 is 0 Å². The van der Waals surface area contributed by atoms with Crippen molar-refractivity contribution in [3.05, 3.63) is 155 Å². The van der Waals surface area contributed by atoms with Gasteiger partial charge in [-0.1, -0.05) is 117 Å². The van der Waals surface area contributed by atoms with Gasteiger partial charge in [-0.3, -0.25) is 0 Å². The van der Waals surface area contributed by atoms with Crippen molar-refractivity contribution in [1.82, 2.24) is 0 Å². The predicted molar refractivity (Wildman–Crippen MR) is 170 cm³/mol. The van der Waals surface area contributed by atoms with Gasteiger partial charge in [0, 0.05) is 10.8 Å². The molecule has 1 spiro atoms. The number of fused-ring (bicyclic) bond motifs is 13. The number of hydrogen-bond acceptors (Lipinski definition) is 1. The molecule has 194 valence electrons. The monoisotopic (exact) mass is 524 g/mol. The van der Waals surface area contributed by atoms with Crippen molar-refractivity contribution < 1.29 is 4.42 Å². The highest BCUT2D eigenvalue weighted by atomic mass is 16.3. The maximum atomic E-state index is 6.14. The number of furan rings is 1. The summed E-state index contributed by atoms with van der Waals surface area (Å²) in [6.45, 7) is 4.59. The first kappa shape index (κ1) is 22.9. The minimum atomic E-state index is -0.342. The summed E-state index contributed by atoms with van der Waals surface area (Å²) in [7, 11) is 0. The average Bonchev–Trinajstić information content (AvgIpc) is 3.64. The van der Waals surface area contributed by atoms with E-state index in [-0.39, 0.29) is 5.41 Å². The van der Waals surface area contributed by atoms with Gasteiger partial charge in [-0.15, -0.1) is 0 Å². The van der Waals surface area contributed by atoms with E-state index in [2.05, 4.69) is 129 Å². The first-order valence-corrected chi connectivity index (χ1v) is 14.5. The third kappa shape index (κ3) is 2.91. The summed E-state index contributed by atoms with van der Waals surface area (Å²) < 4.78 is 6.14. The fourth-order valence-corrected chi connectivity index (χ4v) is 7.60. The molecule has 0 bridgehead atoms.